The number of ether oxygens (including phenoxy) is 4. The fourth-order valence-electron chi connectivity index (χ4n) is 2.83. The number of fused-ring (bicyclic) bond motifs is 1. The maximum atomic E-state index is 12.2. The molecule has 0 saturated carbocycles. The Morgan fingerprint density at radius 1 is 1.10 bits per heavy atom. The highest BCUT2D eigenvalue weighted by Gasteiger charge is 2.18. The van der Waals surface area contributed by atoms with Gasteiger partial charge in [-0.1, -0.05) is 18.2 Å². The van der Waals surface area contributed by atoms with E-state index in [1.807, 2.05) is 6.07 Å². The van der Waals surface area contributed by atoms with Crippen LogP contribution in [0.4, 0.5) is 0 Å². The molecule has 0 fully saturated rings. The number of amides is 2. The van der Waals surface area contributed by atoms with Crippen LogP contribution in [-0.2, 0) is 14.3 Å². The molecular weight excluding hydrogens is 392 g/mol. The smallest absolute Gasteiger partial charge is 0.325 e. The van der Waals surface area contributed by atoms with Crippen LogP contribution in [0, 0.1) is 0 Å². The molecule has 3 rings (SSSR count). The summed E-state index contributed by atoms with van der Waals surface area (Å²) in [5, 5.41) is 5.17. The number of hydrogen-bond acceptors (Lipinski definition) is 7. The molecular formula is C21H22N2O7. The van der Waals surface area contributed by atoms with Gasteiger partial charge in [0, 0.05) is 0 Å². The zero-order valence-electron chi connectivity index (χ0n) is 16.6. The number of nitrogens with one attached hydrogen (secondary N) is 2. The largest absolute Gasteiger partial charge is 0.496 e. The van der Waals surface area contributed by atoms with Crippen molar-refractivity contribution in [3.05, 3.63) is 53.6 Å². The lowest BCUT2D eigenvalue weighted by atomic mass is 10.1. The van der Waals surface area contributed by atoms with Crippen LogP contribution < -0.4 is 24.8 Å². The van der Waals surface area contributed by atoms with Crippen molar-refractivity contribution in [2.24, 2.45) is 0 Å². The monoisotopic (exact) mass is 414 g/mol. The summed E-state index contributed by atoms with van der Waals surface area (Å²) in [5.41, 5.74) is 1.12. The van der Waals surface area contributed by atoms with E-state index in [1.54, 1.807) is 43.3 Å². The number of carbonyl (C=O) groups is 3. The van der Waals surface area contributed by atoms with Gasteiger partial charge in [-0.15, -0.1) is 0 Å². The normalized spacial score (nSPS) is 12.6. The molecule has 0 aliphatic carbocycles. The topological polar surface area (TPSA) is 112 Å². The molecule has 158 valence electrons. The van der Waals surface area contributed by atoms with Crippen molar-refractivity contribution in [2.45, 2.75) is 13.0 Å². The maximum absolute atomic E-state index is 12.2. The first kappa shape index (κ1) is 21.0. The molecule has 2 aromatic rings. The zero-order chi connectivity index (χ0) is 21.5. The van der Waals surface area contributed by atoms with E-state index in [4.69, 9.17) is 18.9 Å². The molecule has 0 radical (unpaired) electrons. The first-order valence-corrected chi connectivity index (χ1v) is 9.23. The van der Waals surface area contributed by atoms with Crippen molar-refractivity contribution < 1.29 is 33.3 Å². The number of para-hydroxylation sites is 1. The lowest BCUT2D eigenvalue weighted by Gasteiger charge is -2.15. The van der Waals surface area contributed by atoms with E-state index in [2.05, 4.69) is 10.6 Å². The van der Waals surface area contributed by atoms with Gasteiger partial charge in [-0.2, -0.15) is 0 Å². The Bertz CT molecular complexity index is 945. The summed E-state index contributed by atoms with van der Waals surface area (Å²) in [7, 11) is 1.45. The first-order valence-electron chi connectivity index (χ1n) is 9.23. The summed E-state index contributed by atoms with van der Waals surface area (Å²) in [6, 6.07) is 11.7. The maximum Gasteiger partial charge on any atom is 0.325 e. The number of esters is 1. The van der Waals surface area contributed by atoms with Crippen LogP contribution in [0.1, 0.15) is 28.9 Å². The molecule has 9 nitrogen and oxygen atoms in total. The second-order valence-corrected chi connectivity index (χ2v) is 6.45. The molecule has 0 unspecified atom stereocenters. The lowest BCUT2D eigenvalue weighted by molar-refractivity contribution is -0.147. The van der Waals surface area contributed by atoms with Crippen molar-refractivity contribution in [1.82, 2.24) is 10.6 Å². The first-order chi connectivity index (χ1) is 14.5. The van der Waals surface area contributed by atoms with E-state index < -0.39 is 24.4 Å². The summed E-state index contributed by atoms with van der Waals surface area (Å²) < 4.78 is 20.6. The Kier molecular flexibility index (Phi) is 6.74. The molecule has 2 aromatic carbocycles. The molecule has 9 heteroatoms. The third kappa shape index (κ3) is 5.19. The zero-order valence-corrected chi connectivity index (χ0v) is 16.6. The standard InChI is InChI=1S/C21H22N2O7/c1-13(14-7-8-17-18(9-14)30-12-29-17)23-19(24)11-28-20(25)10-22-21(26)15-5-3-4-6-16(15)27-2/h3-9,13H,10-12H2,1-2H3,(H,22,26)(H,23,24)/t13-/m0/s1. The van der Waals surface area contributed by atoms with Crippen molar-refractivity contribution in [3.63, 3.8) is 0 Å². The van der Waals surface area contributed by atoms with Crippen LogP contribution in [0.5, 0.6) is 17.2 Å². The van der Waals surface area contributed by atoms with Crippen LogP contribution in [0.2, 0.25) is 0 Å². The minimum atomic E-state index is -0.732. The van der Waals surface area contributed by atoms with Gasteiger partial charge in [-0.25, -0.2) is 0 Å². The Balaban J connectivity index is 1.42. The second kappa shape index (κ2) is 9.64. The number of carbonyl (C=O) groups excluding carboxylic acids is 3. The number of hydrogen-bond donors (Lipinski definition) is 2. The van der Waals surface area contributed by atoms with Crippen LogP contribution in [0.25, 0.3) is 0 Å². The Morgan fingerprint density at radius 3 is 2.67 bits per heavy atom. The number of methoxy groups -OCH3 is 1. The molecule has 1 aliphatic heterocycles. The van der Waals surface area contributed by atoms with Gasteiger partial charge in [0.25, 0.3) is 11.8 Å². The molecule has 1 heterocycles. The highest BCUT2D eigenvalue weighted by molar-refractivity contribution is 5.98. The molecule has 0 aromatic heterocycles. The van der Waals surface area contributed by atoms with E-state index in [-0.39, 0.29) is 19.4 Å². The molecule has 1 aliphatic rings. The molecule has 0 saturated heterocycles. The van der Waals surface area contributed by atoms with Gasteiger partial charge in [0.15, 0.2) is 18.1 Å². The summed E-state index contributed by atoms with van der Waals surface area (Å²) in [5.74, 6) is -0.0218. The van der Waals surface area contributed by atoms with Crippen molar-refractivity contribution in [2.75, 3.05) is 27.1 Å². The van der Waals surface area contributed by atoms with Gasteiger partial charge in [-0.05, 0) is 36.8 Å². The molecule has 0 bridgehead atoms. The van der Waals surface area contributed by atoms with Gasteiger partial charge in [-0.3, -0.25) is 14.4 Å². The predicted molar refractivity (Wildman–Crippen MR) is 105 cm³/mol. The average Bonchev–Trinajstić information content (AvgIpc) is 3.23. The minimum absolute atomic E-state index is 0.170. The van der Waals surface area contributed by atoms with Crippen LogP contribution >= 0.6 is 0 Å². The third-order valence-corrected chi connectivity index (χ3v) is 4.38. The molecule has 2 amide bonds. The number of benzene rings is 2. The minimum Gasteiger partial charge on any atom is -0.496 e. The summed E-state index contributed by atoms with van der Waals surface area (Å²) in [6.45, 7) is 1.13. The fourth-order valence-corrected chi connectivity index (χ4v) is 2.83. The van der Waals surface area contributed by atoms with Crippen molar-refractivity contribution in [1.29, 1.82) is 0 Å². The van der Waals surface area contributed by atoms with Crippen LogP contribution in [0.15, 0.2) is 42.5 Å². The van der Waals surface area contributed by atoms with Crippen molar-refractivity contribution in [3.8, 4) is 17.2 Å². The number of rotatable bonds is 8. The highest BCUT2D eigenvalue weighted by Crippen LogP contribution is 2.34. The Morgan fingerprint density at radius 2 is 1.87 bits per heavy atom. The summed E-state index contributed by atoms with van der Waals surface area (Å²) in [4.78, 5) is 36.1. The summed E-state index contributed by atoms with van der Waals surface area (Å²) in [6.07, 6.45) is 0. The molecule has 2 N–H and O–H groups in total. The fraction of sp³-hybridized carbons (Fsp3) is 0.286. The van der Waals surface area contributed by atoms with E-state index in [9.17, 15) is 14.4 Å². The predicted octanol–water partition coefficient (Wildman–Crippen LogP) is 1.57. The van der Waals surface area contributed by atoms with Crippen LogP contribution in [-0.4, -0.2) is 44.8 Å². The van der Waals surface area contributed by atoms with E-state index in [0.717, 1.165) is 5.56 Å². The van der Waals surface area contributed by atoms with Gasteiger partial charge in [0.1, 0.15) is 12.3 Å². The lowest BCUT2D eigenvalue weighted by Crippen LogP contribution is -2.34. The van der Waals surface area contributed by atoms with Gasteiger partial charge < -0.3 is 29.6 Å². The SMILES string of the molecule is COc1ccccc1C(=O)NCC(=O)OCC(=O)N[C@@H](C)c1ccc2c(c1)OCO2. The Hall–Kier alpha value is -3.75. The van der Waals surface area contributed by atoms with Gasteiger partial charge in [0.2, 0.25) is 6.79 Å². The van der Waals surface area contributed by atoms with Gasteiger partial charge in [0.05, 0.1) is 18.7 Å². The third-order valence-electron chi connectivity index (χ3n) is 4.38. The van der Waals surface area contributed by atoms with E-state index in [0.29, 0.717) is 22.8 Å². The van der Waals surface area contributed by atoms with E-state index in [1.165, 1.54) is 7.11 Å². The molecule has 1 atom stereocenters. The average molecular weight is 414 g/mol. The van der Waals surface area contributed by atoms with Crippen LogP contribution in [0.3, 0.4) is 0 Å². The Labute approximate surface area is 173 Å². The van der Waals surface area contributed by atoms with E-state index >= 15 is 0 Å². The summed E-state index contributed by atoms with van der Waals surface area (Å²) >= 11 is 0. The quantitative estimate of drug-likeness (QED) is 0.631. The molecule has 0 spiro atoms. The highest BCUT2D eigenvalue weighted by atomic mass is 16.7. The van der Waals surface area contributed by atoms with Crippen molar-refractivity contribution >= 4 is 17.8 Å². The van der Waals surface area contributed by atoms with Gasteiger partial charge >= 0.3 is 5.97 Å². The molecule has 30 heavy (non-hydrogen) atoms. The second-order valence-electron chi connectivity index (χ2n) is 6.45.